The number of amides is 1. The summed E-state index contributed by atoms with van der Waals surface area (Å²) in [7, 11) is 0. The molecule has 0 saturated carbocycles. The molecule has 148 valence electrons. The highest BCUT2D eigenvalue weighted by Crippen LogP contribution is 2.25. The van der Waals surface area contributed by atoms with E-state index in [0.717, 1.165) is 35.4 Å². The number of rotatable bonds is 3. The first-order valence-electron chi connectivity index (χ1n) is 10.2. The van der Waals surface area contributed by atoms with Gasteiger partial charge in [0.15, 0.2) is 0 Å². The molecule has 0 unspecified atom stereocenters. The van der Waals surface area contributed by atoms with E-state index in [-0.39, 0.29) is 5.91 Å². The Morgan fingerprint density at radius 1 is 0.767 bits per heavy atom. The third-order valence-corrected chi connectivity index (χ3v) is 5.56. The smallest absolute Gasteiger partial charge is 0.254 e. The Morgan fingerprint density at radius 3 is 2.27 bits per heavy atom. The highest BCUT2D eigenvalue weighted by Gasteiger charge is 2.24. The zero-order valence-corrected chi connectivity index (χ0v) is 16.6. The molecule has 5 heteroatoms. The van der Waals surface area contributed by atoms with Crippen molar-refractivity contribution in [2.75, 3.05) is 31.1 Å². The number of piperazine rings is 1. The van der Waals surface area contributed by atoms with Crippen LogP contribution >= 0.6 is 0 Å². The van der Waals surface area contributed by atoms with Crippen molar-refractivity contribution in [2.24, 2.45) is 0 Å². The van der Waals surface area contributed by atoms with Crippen molar-refractivity contribution in [3.05, 3.63) is 90.6 Å². The molecule has 0 aliphatic carbocycles. The van der Waals surface area contributed by atoms with Gasteiger partial charge in [-0.15, -0.1) is 0 Å². The van der Waals surface area contributed by atoms with E-state index in [1.807, 2.05) is 59.5 Å². The van der Waals surface area contributed by atoms with Crippen molar-refractivity contribution in [3.63, 3.8) is 0 Å². The molecule has 3 heterocycles. The highest BCUT2D eigenvalue weighted by atomic mass is 16.2. The van der Waals surface area contributed by atoms with Crippen LogP contribution in [0, 0.1) is 0 Å². The van der Waals surface area contributed by atoms with E-state index >= 15 is 0 Å². The first-order valence-corrected chi connectivity index (χ1v) is 10.2. The Hall–Kier alpha value is -3.73. The molecule has 5 rings (SSSR count). The zero-order chi connectivity index (χ0) is 20.3. The van der Waals surface area contributed by atoms with Crippen LogP contribution in [-0.4, -0.2) is 47.0 Å². The SMILES string of the molecule is O=C(c1cc(-c2ccccn2)nc2ccccc12)N1CCN(c2ccccc2)CC1. The summed E-state index contributed by atoms with van der Waals surface area (Å²) in [4.78, 5) is 26.9. The number of benzene rings is 2. The second-order valence-electron chi connectivity index (χ2n) is 7.40. The van der Waals surface area contributed by atoms with Crippen LogP contribution in [0.25, 0.3) is 22.3 Å². The van der Waals surface area contributed by atoms with Crippen LogP contribution in [0.5, 0.6) is 0 Å². The van der Waals surface area contributed by atoms with Gasteiger partial charge in [-0.25, -0.2) is 4.98 Å². The highest BCUT2D eigenvalue weighted by molar-refractivity contribution is 6.07. The Labute approximate surface area is 175 Å². The average molecular weight is 394 g/mol. The third-order valence-electron chi connectivity index (χ3n) is 5.56. The number of pyridine rings is 2. The van der Waals surface area contributed by atoms with Gasteiger partial charge in [-0.1, -0.05) is 42.5 Å². The van der Waals surface area contributed by atoms with Gasteiger partial charge in [-0.3, -0.25) is 9.78 Å². The van der Waals surface area contributed by atoms with E-state index in [1.54, 1.807) is 6.20 Å². The van der Waals surface area contributed by atoms with Gasteiger partial charge >= 0.3 is 0 Å². The molecule has 1 amide bonds. The number of fused-ring (bicyclic) bond motifs is 1. The van der Waals surface area contributed by atoms with E-state index in [4.69, 9.17) is 4.98 Å². The maximum atomic E-state index is 13.5. The molecule has 30 heavy (non-hydrogen) atoms. The summed E-state index contributed by atoms with van der Waals surface area (Å²) in [5.41, 5.74) is 4.20. The van der Waals surface area contributed by atoms with Gasteiger partial charge < -0.3 is 9.80 Å². The van der Waals surface area contributed by atoms with Crippen LogP contribution in [0.15, 0.2) is 85.1 Å². The number of carbonyl (C=O) groups is 1. The molecule has 1 aliphatic rings. The number of aromatic nitrogens is 2. The molecule has 2 aromatic carbocycles. The Morgan fingerprint density at radius 2 is 1.50 bits per heavy atom. The Kier molecular flexibility index (Phi) is 4.85. The number of hydrogen-bond donors (Lipinski definition) is 0. The molecule has 1 fully saturated rings. The van der Waals surface area contributed by atoms with Crippen molar-refractivity contribution in [1.29, 1.82) is 0 Å². The largest absolute Gasteiger partial charge is 0.368 e. The number of nitrogens with zero attached hydrogens (tertiary/aromatic N) is 4. The van der Waals surface area contributed by atoms with Crippen LogP contribution in [0.4, 0.5) is 5.69 Å². The van der Waals surface area contributed by atoms with E-state index in [0.29, 0.717) is 18.7 Å². The monoisotopic (exact) mass is 394 g/mol. The standard InChI is InChI=1S/C25H22N4O/c30-25(29-16-14-28(15-17-29)19-8-2-1-3-9-19)21-18-24(23-12-6-7-13-26-23)27-22-11-5-4-10-20(21)22/h1-13,18H,14-17H2. The molecule has 2 aromatic heterocycles. The lowest BCUT2D eigenvalue weighted by Crippen LogP contribution is -2.48. The molecular weight excluding hydrogens is 372 g/mol. The normalized spacial score (nSPS) is 14.1. The fourth-order valence-electron chi connectivity index (χ4n) is 3.97. The van der Waals surface area contributed by atoms with Crippen molar-refractivity contribution >= 4 is 22.5 Å². The summed E-state index contributed by atoms with van der Waals surface area (Å²) in [5.74, 6) is 0.0542. The molecule has 5 nitrogen and oxygen atoms in total. The second-order valence-corrected chi connectivity index (χ2v) is 7.40. The molecule has 0 spiro atoms. The molecular formula is C25H22N4O. The molecule has 0 atom stereocenters. The first-order chi connectivity index (χ1) is 14.8. The topological polar surface area (TPSA) is 49.3 Å². The van der Waals surface area contributed by atoms with Crippen LogP contribution < -0.4 is 4.90 Å². The van der Waals surface area contributed by atoms with E-state index in [2.05, 4.69) is 34.1 Å². The van der Waals surface area contributed by atoms with Crippen molar-refractivity contribution in [2.45, 2.75) is 0 Å². The van der Waals surface area contributed by atoms with Gasteiger partial charge in [-0.05, 0) is 36.4 Å². The van der Waals surface area contributed by atoms with Gasteiger partial charge in [0.25, 0.3) is 5.91 Å². The van der Waals surface area contributed by atoms with Gasteiger partial charge in [0.1, 0.15) is 0 Å². The average Bonchev–Trinajstić information content (AvgIpc) is 2.84. The predicted octanol–water partition coefficient (Wildman–Crippen LogP) is 4.26. The number of hydrogen-bond acceptors (Lipinski definition) is 4. The molecule has 4 aromatic rings. The lowest BCUT2D eigenvalue weighted by Gasteiger charge is -2.36. The summed E-state index contributed by atoms with van der Waals surface area (Å²) < 4.78 is 0. The molecule has 0 bridgehead atoms. The lowest BCUT2D eigenvalue weighted by atomic mass is 10.0. The minimum Gasteiger partial charge on any atom is -0.368 e. The van der Waals surface area contributed by atoms with Crippen LogP contribution in [0.1, 0.15) is 10.4 Å². The first kappa shape index (κ1) is 18.3. The fraction of sp³-hybridized carbons (Fsp3) is 0.160. The fourth-order valence-corrected chi connectivity index (χ4v) is 3.97. The summed E-state index contributed by atoms with van der Waals surface area (Å²) in [6, 6.07) is 25.8. The van der Waals surface area contributed by atoms with Gasteiger partial charge in [0, 0.05) is 43.4 Å². The Bertz CT molecular complexity index is 1170. The quantitative estimate of drug-likeness (QED) is 0.521. The van der Waals surface area contributed by atoms with Crippen LogP contribution in [-0.2, 0) is 0 Å². The summed E-state index contributed by atoms with van der Waals surface area (Å²) >= 11 is 0. The summed E-state index contributed by atoms with van der Waals surface area (Å²) in [5, 5.41) is 0.882. The second kappa shape index (κ2) is 7.95. The van der Waals surface area contributed by atoms with Crippen molar-refractivity contribution < 1.29 is 4.79 Å². The van der Waals surface area contributed by atoms with Crippen molar-refractivity contribution in [3.8, 4) is 11.4 Å². The molecule has 1 aliphatic heterocycles. The molecule has 0 radical (unpaired) electrons. The minimum atomic E-state index is 0.0542. The maximum absolute atomic E-state index is 13.5. The van der Waals surface area contributed by atoms with Gasteiger partial charge in [0.05, 0.1) is 22.5 Å². The van der Waals surface area contributed by atoms with E-state index in [1.165, 1.54) is 5.69 Å². The number of carbonyl (C=O) groups excluding carboxylic acids is 1. The minimum absolute atomic E-state index is 0.0542. The Balaban J connectivity index is 1.45. The predicted molar refractivity (Wildman–Crippen MR) is 120 cm³/mol. The molecule has 1 saturated heterocycles. The summed E-state index contributed by atoms with van der Waals surface area (Å²) in [6.07, 6.45) is 1.75. The third kappa shape index (κ3) is 3.50. The van der Waals surface area contributed by atoms with Gasteiger partial charge in [-0.2, -0.15) is 0 Å². The van der Waals surface area contributed by atoms with E-state index in [9.17, 15) is 4.79 Å². The zero-order valence-electron chi connectivity index (χ0n) is 16.6. The number of anilines is 1. The maximum Gasteiger partial charge on any atom is 0.254 e. The number of para-hydroxylation sites is 2. The van der Waals surface area contributed by atoms with Crippen LogP contribution in [0.2, 0.25) is 0 Å². The lowest BCUT2D eigenvalue weighted by molar-refractivity contribution is 0.0748. The summed E-state index contributed by atoms with van der Waals surface area (Å²) in [6.45, 7) is 3.05. The molecule has 0 N–H and O–H groups in total. The van der Waals surface area contributed by atoms with Gasteiger partial charge in [0.2, 0.25) is 0 Å². The van der Waals surface area contributed by atoms with Crippen LogP contribution in [0.3, 0.4) is 0 Å². The van der Waals surface area contributed by atoms with Crippen molar-refractivity contribution in [1.82, 2.24) is 14.9 Å². The van der Waals surface area contributed by atoms with E-state index < -0.39 is 0 Å².